The number of rotatable bonds is 15. The van der Waals surface area contributed by atoms with E-state index in [1.54, 1.807) is 14.2 Å². The Kier molecular flexibility index (Phi) is 13.2. The molecule has 24 heavy (non-hydrogen) atoms. The molecule has 1 unspecified atom stereocenters. The Morgan fingerprint density at radius 3 is 1.79 bits per heavy atom. The van der Waals surface area contributed by atoms with Gasteiger partial charge in [-0.05, 0) is 25.7 Å². The Morgan fingerprint density at radius 2 is 1.33 bits per heavy atom. The fraction of sp³-hybridized carbons (Fsp3) is 1.00. The summed E-state index contributed by atoms with van der Waals surface area (Å²) in [4.78, 5) is 0. The van der Waals surface area contributed by atoms with E-state index in [0.717, 1.165) is 19.4 Å². The summed E-state index contributed by atoms with van der Waals surface area (Å²) in [6.07, 6.45) is 20.0. The zero-order valence-corrected chi connectivity index (χ0v) is 17.8. The van der Waals surface area contributed by atoms with Gasteiger partial charge in [0, 0.05) is 20.8 Å². The van der Waals surface area contributed by atoms with E-state index in [1.807, 2.05) is 0 Å². The Balaban J connectivity index is 2.09. The predicted octanol–water partition coefficient (Wildman–Crippen LogP) is 5.68. The molecule has 1 aliphatic heterocycles. The van der Waals surface area contributed by atoms with Gasteiger partial charge in [-0.1, -0.05) is 77.6 Å². The zero-order valence-electron chi connectivity index (χ0n) is 16.6. The molecule has 0 spiro atoms. The van der Waals surface area contributed by atoms with Crippen LogP contribution in [0, 0.1) is 0 Å². The van der Waals surface area contributed by atoms with Gasteiger partial charge in [0.25, 0.3) is 0 Å². The summed E-state index contributed by atoms with van der Waals surface area (Å²) in [5, 5.41) is -0.0684. The molecule has 1 saturated heterocycles. The van der Waals surface area contributed by atoms with E-state index in [4.69, 9.17) is 13.6 Å². The van der Waals surface area contributed by atoms with E-state index in [0.29, 0.717) is 0 Å². The smallest absolute Gasteiger partial charge is 0.354 e. The molecular weight excluding hydrogens is 316 g/mol. The van der Waals surface area contributed by atoms with Crippen LogP contribution in [0.5, 0.6) is 0 Å². The summed E-state index contributed by atoms with van der Waals surface area (Å²) < 4.78 is 17.6. The van der Waals surface area contributed by atoms with Crippen molar-refractivity contribution in [1.82, 2.24) is 0 Å². The monoisotopic (exact) mass is 358 g/mol. The molecule has 0 N–H and O–H groups in total. The number of ether oxygens (including phenoxy) is 1. The van der Waals surface area contributed by atoms with Crippen LogP contribution in [0.1, 0.15) is 103 Å². The summed E-state index contributed by atoms with van der Waals surface area (Å²) in [5.41, 5.74) is 0. The topological polar surface area (TPSA) is 27.7 Å². The molecule has 144 valence electrons. The SMILES string of the molecule is CCCCCCCCCCCCCC1([SiH](OC)OC)CCCCO1. The summed E-state index contributed by atoms with van der Waals surface area (Å²) in [7, 11) is 1.87. The molecule has 3 nitrogen and oxygen atoms in total. The van der Waals surface area contributed by atoms with E-state index in [1.165, 1.54) is 83.5 Å². The Morgan fingerprint density at radius 1 is 0.792 bits per heavy atom. The highest BCUT2D eigenvalue weighted by Crippen LogP contribution is 2.33. The molecule has 0 saturated carbocycles. The van der Waals surface area contributed by atoms with Crippen molar-refractivity contribution in [1.29, 1.82) is 0 Å². The lowest BCUT2D eigenvalue weighted by atomic mass is 10.0. The molecule has 0 aromatic heterocycles. The Bertz CT molecular complexity index is 276. The minimum atomic E-state index is -1.72. The van der Waals surface area contributed by atoms with E-state index in [-0.39, 0.29) is 5.22 Å². The van der Waals surface area contributed by atoms with Gasteiger partial charge in [-0.3, -0.25) is 0 Å². The van der Waals surface area contributed by atoms with Crippen molar-refractivity contribution in [2.75, 3.05) is 20.8 Å². The molecular formula is C20H42O3Si. The van der Waals surface area contributed by atoms with Crippen LogP contribution in [0.25, 0.3) is 0 Å². The molecule has 0 amide bonds. The molecule has 0 aromatic rings. The first-order chi connectivity index (χ1) is 11.8. The highest BCUT2D eigenvalue weighted by molar-refractivity contribution is 6.48. The van der Waals surface area contributed by atoms with Gasteiger partial charge in [-0.15, -0.1) is 0 Å². The van der Waals surface area contributed by atoms with E-state index < -0.39 is 9.28 Å². The first kappa shape index (κ1) is 22.1. The van der Waals surface area contributed by atoms with Gasteiger partial charge in [0.05, 0.1) is 0 Å². The van der Waals surface area contributed by atoms with E-state index in [2.05, 4.69) is 6.92 Å². The largest absolute Gasteiger partial charge is 0.398 e. The van der Waals surface area contributed by atoms with Gasteiger partial charge in [0.15, 0.2) is 0 Å². The lowest BCUT2D eigenvalue weighted by molar-refractivity contribution is -0.0529. The van der Waals surface area contributed by atoms with Crippen LogP contribution < -0.4 is 0 Å². The maximum Gasteiger partial charge on any atom is 0.354 e. The Hall–Kier alpha value is 0.0969. The Labute approximate surface area is 152 Å². The maximum atomic E-state index is 6.21. The second kappa shape index (κ2) is 14.3. The number of hydrogen-bond acceptors (Lipinski definition) is 3. The fourth-order valence-corrected chi connectivity index (χ4v) is 6.17. The first-order valence-electron chi connectivity index (χ1n) is 10.5. The van der Waals surface area contributed by atoms with Crippen molar-refractivity contribution in [2.24, 2.45) is 0 Å². The average molecular weight is 359 g/mol. The van der Waals surface area contributed by atoms with Crippen LogP contribution in [-0.2, 0) is 13.6 Å². The molecule has 0 bridgehead atoms. The van der Waals surface area contributed by atoms with Crippen LogP contribution in [0.2, 0.25) is 0 Å². The van der Waals surface area contributed by atoms with Gasteiger partial charge < -0.3 is 13.6 Å². The van der Waals surface area contributed by atoms with Crippen LogP contribution in [-0.4, -0.2) is 35.3 Å². The van der Waals surface area contributed by atoms with Crippen molar-refractivity contribution >= 4 is 9.28 Å². The van der Waals surface area contributed by atoms with Crippen LogP contribution in [0.15, 0.2) is 0 Å². The molecule has 1 aliphatic rings. The second-order valence-electron chi connectivity index (χ2n) is 7.46. The molecule has 1 fully saturated rings. The molecule has 1 atom stereocenters. The van der Waals surface area contributed by atoms with Crippen LogP contribution in [0.3, 0.4) is 0 Å². The lowest BCUT2D eigenvalue weighted by Gasteiger charge is -2.40. The van der Waals surface area contributed by atoms with Crippen molar-refractivity contribution in [2.45, 2.75) is 108 Å². The minimum absolute atomic E-state index is 0.0684. The quantitative estimate of drug-likeness (QED) is 0.278. The highest BCUT2D eigenvalue weighted by Gasteiger charge is 2.44. The lowest BCUT2D eigenvalue weighted by Crippen LogP contribution is -2.53. The van der Waals surface area contributed by atoms with E-state index in [9.17, 15) is 0 Å². The summed E-state index contributed by atoms with van der Waals surface area (Å²) in [5.74, 6) is 0. The second-order valence-corrected chi connectivity index (χ2v) is 10.1. The van der Waals surface area contributed by atoms with Gasteiger partial charge in [-0.2, -0.15) is 0 Å². The number of hydrogen-bond donors (Lipinski definition) is 0. The third-order valence-corrected chi connectivity index (χ3v) is 7.90. The fourth-order valence-electron chi connectivity index (χ4n) is 3.99. The van der Waals surface area contributed by atoms with Gasteiger partial charge in [-0.25, -0.2) is 0 Å². The van der Waals surface area contributed by atoms with Crippen molar-refractivity contribution < 1.29 is 13.6 Å². The van der Waals surface area contributed by atoms with Gasteiger partial charge in [0.2, 0.25) is 0 Å². The molecule has 4 heteroatoms. The van der Waals surface area contributed by atoms with Crippen LogP contribution >= 0.6 is 0 Å². The summed E-state index contributed by atoms with van der Waals surface area (Å²) in [6.45, 7) is 3.17. The van der Waals surface area contributed by atoms with Crippen molar-refractivity contribution in [3.63, 3.8) is 0 Å². The first-order valence-corrected chi connectivity index (χ1v) is 12.0. The normalized spacial score (nSPS) is 21.5. The summed E-state index contributed by atoms with van der Waals surface area (Å²) in [6, 6.07) is 0. The highest BCUT2D eigenvalue weighted by atomic mass is 28.3. The molecule has 0 aromatic carbocycles. The molecule has 1 rings (SSSR count). The van der Waals surface area contributed by atoms with Crippen molar-refractivity contribution in [3.8, 4) is 0 Å². The molecule has 0 aliphatic carbocycles. The average Bonchev–Trinajstić information content (AvgIpc) is 2.61. The van der Waals surface area contributed by atoms with Crippen molar-refractivity contribution in [3.05, 3.63) is 0 Å². The summed E-state index contributed by atoms with van der Waals surface area (Å²) >= 11 is 0. The number of unbranched alkanes of at least 4 members (excludes halogenated alkanes) is 10. The predicted molar refractivity (Wildman–Crippen MR) is 105 cm³/mol. The third-order valence-electron chi connectivity index (χ3n) is 5.45. The van der Waals surface area contributed by atoms with E-state index >= 15 is 0 Å². The molecule has 0 radical (unpaired) electrons. The third kappa shape index (κ3) is 8.46. The molecule has 1 heterocycles. The maximum absolute atomic E-state index is 6.21. The minimum Gasteiger partial charge on any atom is -0.398 e. The van der Waals surface area contributed by atoms with Gasteiger partial charge in [0.1, 0.15) is 5.22 Å². The van der Waals surface area contributed by atoms with Crippen LogP contribution in [0.4, 0.5) is 0 Å². The standard InChI is InChI=1S/C20H42O3Si/c1-4-5-6-7-8-9-10-11-12-13-14-17-20(24(21-2)22-3)18-15-16-19-23-20/h24H,4-19H2,1-3H3. The van der Waals surface area contributed by atoms with Gasteiger partial charge >= 0.3 is 9.28 Å². The zero-order chi connectivity index (χ0) is 17.5.